The maximum atomic E-state index is 13.2. The summed E-state index contributed by atoms with van der Waals surface area (Å²) in [6.45, 7) is 6.48. The third-order valence-corrected chi connectivity index (χ3v) is 3.77. The molecule has 1 aromatic rings. The second-order valence-corrected chi connectivity index (χ2v) is 7.04. The van der Waals surface area contributed by atoms with Gasteiger partial charge in [0.1, 0.15) is 18.0 Å². The predicted octanol–water partition coefficient (Wildman–Crippen LogP) is 1.63. The Morgan fingerprint density at radius 3 is 2.31 bits per heavy atom. The van der Waals surface area contributed by atoms with Gasteiger partial charge in [0.2, 0.25) is 5.91 Å². The molecule has 2 rings (SSSR count). The summed E-state index contributed by atoms with van der Waals surface area (Å²) in [5.74, 6) is -0.963. The second-order valence-electron chi connectivity index (χ2n) is 7.04. The van der Waals surface area contributed by atoms with Crippen LogP contribution in [0, 0.1) is 5.82 Å². The summed E-state index contributed by atoms with van der Waals surface area (Å²) in [4.78, 5) is 39.3. The first kappa shape index (κ1) is 19.7. The lowest BCUT2D eigenvalue weighted by atomic mass is 10.1. The van der Waals surface area contributed by atoms with E-state index >= 15 is 0 Å². The van der Waals surface area contributed by atoms with Crippen molar-refractivity contribution in [3.63, 3.8) is 0 Å². The SMILES string of the molecule is CC(C)(C)OC(=O)NCC(=O)N1CCN(C(=O)c2cccc(F)c2)CC1. The molecule has 0 radical (unpaired) electrons. The number of halogens is 1. The Morgan fingerprint density at radius 2 is 1.73 bits per heavy atom. The summed E-state index contributed by atoms with van der Waals surface area (Å²) in [5, 5.41) is 2.43. The molecule has 1 aliphatic rings. The zero-order valence-corrected chi connectivity index (χ0v) is 15.3. The molecule has 0 bridgehead atoms. The Balaban J connectivity index is 1.79. The molecule has 7 nitrogen and oxygen atoms in total. The fourth-order valence-electron chi connectivity index (χ4n) is 2.54. The van der Waals surface area contributed by atoms with E-state index in [2.05, 4.69) is 5.32 Å². The van der Waals surface area contributed by atoms with Crippen molar-refractivity contribution in [1.29, 1.82) is 0 Å². The molecule has 142 valence electrons. The fourth-order valence-corrected chi connectivity index (χ4v) is 2.54. The normalized spacial score (nSPS) is 14.8. The number of alkyl carbamates (subject to hydrolysis) is 1. The van der Waals surface area contributed by atoms with Gasteiger partial charge in [0.05, 0.1) is 0 Å². The number of nitrogens with one attached hydrogen (secondary N) is 1. The molecular formula is C18H24FN3O4. The summed E-state index contributed by atoms with van der Waals surface area (Å²) in [5.41, 5.74) is -0.341. The van der Waals surface area contributed by atoms with Crippen LogP contribution in [0.15, 0.2) is 24.3 Å². The number of rotatable bonds is 3. The largest absolute Gasteiger partial charge is 0.444 e. The van der Waals surface area contributed by atoms with Crippen LogP contribution in [-0.2, 0) is 9.53 Å². The molecule has 0 aliphatic carbocycles. The van der Waals surface area contributed by atoms with E-state index in [1.807, 2.05) is 0 Å². The molecule has 1 fully saturated rings. The van der Waals surface area contributed by atoms with Crippen molar-refractivity contribution in [2.24, 2.45) is 0 Å². The third kappa shape index (κ3) is 5.72. The fraction of sp³-hybridized carbons (Fsp3) is 0.500. The zero-order chi connectivity index (χ0) is 19.3. The molecule has 8 heteroatoms. The smallest absolute Gasteiger partial charge is 0.408 e. The lowest BCUT2D eigenvalue weighted by Gasteiger charge is -2.35. The van der Waals surface area contributed by atoms with Gasteiger partial charge >= 0.3 is 6.09 Å². The molecule has 0 atom stereocenters. The second kappa shape index (κ2) is 8.16. The standard InChI is InChI=1S/C18H24FN3O4/c1-18(2,3)26-17(25)20-12-15(23)21-7-9-22(10-8-21)16(24)13-5-4-6-14(19)11-13/h4-6,11H,7-10,12H2,1-3H3,(H,20,25). The number of carbonyl (C=O) groups is 3. The maximum absolute atomic E-state index is 13.2. The van der Waals surface area contributed by atoms with Crippen LogP contribution >= 0.6 is 0 Å². The van der Waals surface area contributed by atoms with Crippen molar-refractivity contribution in [3.05, 3.63) is 35.6 Å². The number of hydrogen-bond acceptors (Lipinski definition) is 4. The molecule has 1 aliphatic heterocycles. The van der Waals surface area contributed by atoms with E-state index in [9.17, 15) is 18.8 Å². The van der Waals surface area contributed by atoms with Crippen LogP contribution in [-0.4, -0.2) is 66.0 Å². The highest BCUT2D eigenvalue weighted by Crippen LogP contribution is 2.11. The Hall–Kier alpha value is -2.64. The van der Waals surface area contributed by atoms with Gasteiger partial charge < -0.3 is 19.9 Å². The van der Waals surface area contributed by atoms with Gasteiger partial charge in [-0.15, -0.1) is 0 Å². The number of ether oxygens (including phenoxy) is 1. The number of hydrogen-bond donors (Lipinski definition) is 1. The van der Waals surface area contributed by atoms with Gasteiger partial charge in [-0.25, -0.2) is 9.18 Å². The lowest BCUT2D eigenvalue weighted by molar-refractivity contribution is -0.131. The van der Waals surface area contributed by atoms with Crippen LogP contribution in [0.25, 0.3) is 0 Å². The number of carbonyl (C=O) groups excluding carboxylic acids is 3. The number of benzene rings is 1. The molecule has 0 spiro atoms. The molecule has 1 saturated heterocycles. The van der Waals surface area contributed by atoms with Crippen molar-refractivity contribution >= 4 is 17.9 Å². The Bertz CT molecular complexity index is 679. The van der Waals surface area contributed by atoms with Crippen molar-refractivity contribution in [2.75, 3.05) is 32.7 Å². The highest BCUT2D eigenvalue weighted by atomic mass is 19.1. The van der Waals surface area contributed by atoms with Gasteiger partial charge in [-0.05, 0) is 39.0 Å². The monoisotopic (exact) mass is 365 g/mol. The van der Waals surface area contributed by atoms with E-state index in [0.717, 1.165) is 0 Å². The van der Waals surface area contributed by atoms with Gasteiger partial charge in [-0.1, -0.05) is 6.07 Å². The van der Waals surface area contributed by atoms with Crippen LogP contribution in [0.4, 0.5) is 9.18 Å². The number of nitrogens with zero attached hydrogens (tertiary/aromatic N) is 2. The zero-order valence-electron chi connectivity index (χ0n) is 15.3. The van der Waals surface area contributed by atoms with Crippen LogP contribution < -0.4 is 5.32 Å². The van der Waals surface area contributed by atoms with E-state index in [-0.39, 0.29) is 23.9 Å². The molecule has 1 N–H and O–H groups in total. The molecule has 0 unspecified atom stereocenters. The molecule has 1 heterocycles. The van der Waals surface area contributed by atoms with E-state index in [4.69, 9.17) is 4.74 Å². The van der Waals surface area contributed by atoms with Gasteiger partial charge in [0, 0.05) is 31.7 Å². The topological polar surface area (TPSA) is 79.0 Å². The highest BCUT2D eigenvalue weighted by Gasteiger charge is 2.25. The predicted molar refractivity (Wildman–Crippen MR) is 93.1 cm³/mol. The van der Waals surface area contributed by atoms with Crippen molar-refractivity contribution < 1.29 is 23.5 Å². The molecule has 0 aromatic heterocycles. The van der Waals surface area contributed by atoms with E-state index in [1.165, 1.54) is 18.2 Å². The lowest BCUT2D eigenvalue weighted by Crippen LogP contribution is -2.52. The summed E-state index contributed by atoms with van der Waals surface area (Å²) in [6, 6.07) is 5.54. The van der Waals surface area contributed by atoms with Gasteiger partial charge in [0.15, 0.2) is 0 Å². The Kier molecular flexibility index (Phi) is 6.18. The summed E-state index contributed by atoms with van der Waals surface area (Å²) < 4.78 is 18.3. The van der Waals surface area contributed by atoms with Crippen molar-refractivity contribution in [1.82, 2.24) is 15.1 Å². The van der Waals surface area contributed by atoms with Crippen molar-refractivity contribution in [2.45, 2.75) is 26.4 Å². The summed E-state index contributed by atoms with van der Waals surface area (Å²) >= 11 is 0. The first-order chi connectivity index (χ1) is 12.2. The van der Waals surface area contributed by atoms with Crippen LogP contribution in [0.5, 0.6) is 0 Å². The summed E-state index contributed by atoms with van der Waals surface area (Å²) in [7, 11) is 0. The summed E-state index contributed by atoms with van der Waals surface area (Å²) in [6.07, 6.45) is -0.647. The molecule has 1 aromatic carbocycles. The minimum atomic E-state index is -0.647. The van der Waals surface area contributed by atoms with Crippen LogP contribution in [0.1, 0.15) is 31.1 Å². The highest BCUT2D eigenvalue weighted by molar-refractivity contribution is 5.94. The van der Waals surface area contributed by atoms with Crippen LogP contribution in [0.2, 0.25) is 0 Å². The Labute approximate surface area is 152 Å². The van der Waals surface area contributed by atoms with Crippen LogP contribution in [0.3, 0.4) is 0 Å². The van der Waals surface area contributed by atoms with Crippen molar-refractivity contribution in [3.8, 4) is 0 Å². The van der Waals surface area contributed by atoms with E-state index in [0.29, 0.717) is 26.2 Å². The molecule has 3 amide bonds. The first-order valence-electron chi connectivity index (χ1n) is 8.45. The molecule has 0 saturated carbocycles. The third-order valence-electron chi connectivity index (χ3n) is 3.77. The number of amides is 3. The van der Waals surface area contributed by atoms with E-state index in [1.54, 1.807) is 36.6 Å². The quantitative estimate of drug-likeness (QED) is 0.883. The first-order valence-corrected chi connectivity index (χ1v) is 8.45. The molecule has 26 heavy (non-hydrogen) atoms. The minimum Gasteiger partial charge on any atom is -0.444 e. The molecular weight excluding hydrogens is 341 g/mol. The average molecular weight is 365 g/mol. The maximum Gasteiger partial charge on any atom is 0.408 e. The Morgan fingerprint density at radius 1 is 1.12 bits per heavy atom. The van der Waals surface area contributed by atoms with E-state index < -0.39 is 17.5 Å². The average Bonchev–Trinajstić information content (AvgIpc) is 2.57. The van der Waals surface area contributed by atoms with Gasteiger partial charge in [0.25, 0.3) is 5.91 Å². The minimum absolute atomic E-state index is 0.160. The number of piperazine rings is 1. The van der Waals surface area contributed by atoms with Gasteiger partial charge in [-0.3, -0.25) is 9.59 Å². The van der Waals surface area contributed by atoms with Gasteiger partial charge in [-0.2, -0.15) is 0 Å².